The first-order valence-electron chi connectivity index (χ1n) is 4.99. The minimum absolute atomic E-state index is 0. The van der Waals surface area contributed by atoms with Crippen molar-refractivity contribution in [1.29, 1.82) is 0 Å². The molecule has 1 aliphatic rings. The van der Waals surface area contributed by atoms with Crippen molar-refractivity contribution in [2.24, 2.45) is 0 Å². The van der Waals surface area contributed by atoms with Gasteiger partial charge in [0.1, 0.15) is 0 Å². The van der Waals surface area contributed by atoms with Crippen molar-refractivity contribution in [1.82, 2.24) is 10.3 Å². The Kier molecular flexibility index (Phi) is 6.90. The minimum atomic E-state index is 0. The highest BCUT2D eigenvalue weighted by Crippen LogP contribution is 2.24. The maximum Gasteiger partial charge on any atom is 0.0372 e. The molecule has 0 spiro atoms. The Morgan fingerprint density at radius 1 is 1.20 bits per heavy atom. The second-order valence-electron chi connectivity index (χ2n) is 3.76. The van der Waals surface area contributed by atoms with Crippen LogP contribution in [0.5, 0.6) is 0 Å². The number of piperidine rings is 1. The third-order valence-electron chi connectivity index (χ3n) is 2.74. The molecule has 1 aliphatic heterocycles. The van der Waals surface area contributed by atoms with E-state index in [1.54, 1.807) is 0 Å². The third-order valence-corrected chi connectivity index (χ3v) is 2.74. The average Bonchev–Trinajstić information content (AvgIpc) is 2.20. The Bertz CT molecular complexity index is 268. The average molecular weight is 249 g/mol. The van der Waals surface area contributed by atoms with Crippen LogP contribution in [0.4, 0.5) is 0 Å². The standard InChI is InChI=1S/C11H16N2.2ClH/c1-9-2-3-11(8-13-9)10-4-6-12-7-5-10;;/h2-3,8,10,12H,4-7H2,1H3;2*1H. The van der Waals surface area contributed by atoms with E-state index in [4.69, 9.17) is 0 Å². The van der Waals surface area contributed by atoms with Crippen molar-refractivity contribution in [3.05, 3.63) is 29.6 Å². The number of nitrogens with one attached hydrogen (secondary N) is 1. The summed E-state index contributed by atoms with van der Waals surface area (Å²) in [5, 5.41) is 3.38. The highest BCUT2D eigenvalue weighted by molar-refractivity contribution is 5.85. The third kappa shape index (κ3) is 3.98. The van der Waals surface area contributed by atoms with Crippen molar-refractivity contribution in [3.63, 3.8) is 0 Å². The van der Waals surface area contributed by atoms with Crippen LogP contribution in [0, 0.1) is 6.92 Å². The lowest BCUT2D eigenvalue weighted by Gasteiger charge is -2.22. The first-order chi connectivity index (χ1) is 6.36. The number of aromatic nitrogens is 1. The Hall–Kier alpha value is -0.310. The molecular formula is C11H18Cl2N2. The molecule has 0 amide bonds. The van der Waals surface area contributed by atoms with E-state index in [1.165, 1.54) is 18.4 Å². The molecule has 0 aromatic carbocycles. The number of hydrogen-bond donors (Lipinski definition) is 1. The van der Waals surface area contributed by atoms with E-state index in [0.29, 0.717) is 0 Å². The molecule has 1 saturated heterocycles. The van der Waals surface area contributed by atoms with Crippen LogP contribution in [0.1, 0.15) is 30.0 Å². The van der Waals surface area contributed by atoms with E-state index in [2.05, 4.69) is 22.4 Å². The summed E-state index contributed by atoms with van der Waals surface area (Å²) in [6.07, 6.45) is 4.54. The normalized spacial score (nSPS) is 16.3. The van der Waals surface area contributed by atoms with Crippen LogP contribution < -0.4 is 5.32 Å². The SMILES string of the molecule is Cc1ccc(C2CCNCC2)cn1.Cl.Cl. The van der Waals surface area contributed by atoms with Crippen molar-refractivity contribution in [2.75, 3.05) is 13.1 Å². The molecule has 0 unspecified atom stereocenters. The van der Waals surface area contributed by atoms with Crippen LogP contribution in [0.3, 0.4) is 0 Å². The summed E-state index contributed by atoms with van der Waals surface area (Å²) in [7, 11) is 0. The molecule has 1 aromatic heterocycles. The predicted molar refractivity (Wildman–Crippen MR) is 68.3 cm³/mol. The number of nitrogens with zero attached hydrogens (tertiary/aromatic N) is 1. The molecule has 0 aliphatic carbocycles. The molecule has 0 bridgehead atoms. The van der Waals surface area contributed by atoms with Crippen LogP contribution in [-0.4, -0.2) is 18.1 Å². The largest absolute Gasteiger partial charge is 0.317 e. The zero-order valence-electron chi connectivity index (χ0n) is 8.90. The lowest BCUT2D eigenvalue weighted by Crippen LogP contribution is -2.26. The molecule has 4 heteroatoms. The van der Waals surface area contributed by atoms with Gasteiger partial charge in [0.25, 0.3) is 0 Å². The zero-order valence-corrected chi connectivity index (χ0v) is 10.5. The number of hydrogen-bond acceptors (Lipinski definition) is 2. The molecule has 0 atom stereocenters. The molecule has 2 heterocycles. The first kappa shape index (κ1) is 14.7. The second kappa shape index (κ2) is 7.04. The lowest BCUT2D eigenvalue weighted by atomic mass is 9.91. The molecule has 15 heavy (non-hydrogen) atoms. The fourth-order valence-corrected chi connectivity index (χ4v) is 1.88. The van der Waals surface area contributed by atoms with Gasteiger partial charge in [-0.2, -0.15) is 0 Å². The van der Waals surface area contributed by atoms with Crippen molar-refractivity contribution in [2.45, 2.75) is 25.7 Å². The Labute approximate surface area is 104 Å². The quantitative estimate of drug-likeness (QED) is 0.827. The van der Waals surface area contributed by atoms with Crippen molar-refractivity contribution < 1.29 is 0 Å². The van der Waals surface area contributed by atoms with Gasteiger partial charge in [-0.1, -0.05) is 6.07 Å². The highest BCUT2D eigenvalue weighted by atomic mass is 35.5. The predicted octanol–water partition coefficient (Wildman–Crippen LogP) is 2.70. The van der Waals surface area contributed by atoms with Gasteiger partial charge in [-0.05, 0) is 50.4 Å². The summed E-state index contributed by atoms with van der Waals surface area (Å²) in [6, 6.07) is 4.33. The van der Waals surface area contributed by atoms with Gasteiger partial charge >= 0.3 is 0 Å². The topological polar surface area (TPSA) is 24.9 Å². The van der Waals surface area contributed by atoms with Crippen LogP contribution in [0.2, 0.25) is 0 Å². The smallest absolute Gasteiger partial charge is 0.0372 e. The monoisotopic (exact) mass is 248 g/mol. The lowest BCUT2D eigenvalue weighted by molar-refractivity contribution is 0.459. The number of rotatable bonds is 1. The molecule has 0 radical (unpaired) electrons. The van der Waals surface area contributed by atoms with Gasteiger partial charge in [-0.3, -0.25) is 4.98 Å². The summed E-state index contributed by atoms with van der Waals surface area (Å²) >= 11 is 0. The van der Waals surface area contributed by atoms with E-state index in [-0.39, 0.29) is 24.8 Å². The van der Waals surface area contributed by atoms with E-state index in [1.807, 2.05) is 13.1 Å². The first-order valence-corrected chi connectivity index (χ1v) is 4.99. The van der Waals surface area contributed by atoms with Gasteiger partial charge in [-0.25, -0.2) is 0 Å². The van der Waals surface area contributed by atoms with E-state index < -0.39 is 0 Å². The molecule has 0 saturated carbocycles. The van der Waals surface area contributed by atoms with Gasteiger partial charge in [0, 0.05) is 11.9 Å². The summed E-state index contributed by atoms with van der Waals surface area (Å²) in [5.41, 5.74) is 2.52. The van der Waals surface area contributed by atoms with Crippen LogP contribution in [0.15, 0.2) is 18.3 Å². The molecular weight excluding hydrogens is 231 g/mol. The van der Waals surface area contributed by atoms with E-state index in [0.717, 1.165) is 24.7 Å². The Morgan fingerprint density at radius 2 is 1.87 bits per heavy atom. The summed E-state index contributed by atoms with van der Waals surface area (Å²) in [5.74, 6) is 0.731. The molecule has 1 fully saturated rings. The van der Waals surface area contributed by atoms with Crippen LogP contribution in [0.25, 0.3) is 0 Å². The molecule has 2 nitrogen and oxygen atoms in total. The van der Waals surface area contributed by atoms with Crippen LogP contribution in [-0.2, 0) is 0 Å². The van der Waals surface area contributed by atoms with Gasteiger partial charge in [-0.15, -0.1) is 24.8 Å². The van der Waals surface area contributed by atoms with Gasteiger partial charge in [0.05, 0.1) is 0 Å². The van der Waals surface area contributed by atoms with Gasteiger partial charge in [0.15, 0.2) is 0 Å². The minimum Gasteiger partial charge on any atom is -0.317 e. The number of halogens is 2. The molecule has 1 aromatic rings. The van der Waals surface area contributed by atoms with Gasteiger partial charge in [0.2, 0.25) is 0 Å². The molecule has 1 N–H and O–H groups in total. The summed E-state index contributed by atoms with van der Waals surface area (Å²) in [6.45, 7) is 4.34. The maximum atomic E-state index is 4.33. The maximum absolute atomic E-state index is 4.33. The molecule has 2 rings (SSSR count). The summed E-state index contributed by atoms with van der Waals surface area (Å²) in [4.78, 5) is 4.33. The second-order valence-corrected chi connectivity index (χ2v) is 3.76. The van der Waals surface area contributed by atoms with Gasteiger partial charge < -0.3 is 5.32 Å². The number of pyridine rings is 1. The van der Waals surface area contributed by atoms with E-state index in [9.17, 15) is 0 Å². The van der Waals surface area contributed by atoms with Crippen molar-refractivity contribution in [3.8, 4) is 0 Å². The van der Waals surface area contributed by atoms with Crippen LogP contribution >= 0.6 is 24.8 Å². The van der Waals surface area contributed by atoms with E-state index >= 15 is 0 Å². The molecule has 86 valence electrons. The fourth-order valence-electron chi connectivity index (χ4n) is 1.88. The fraction of sp³-hybridized carbons (Fsp3) is 0.545. The summed E-state index contributed by atoms with van der Waals surface area (Å²) < 4.78 is 0. The Balaban J connectivity index is 0.000000980. The highest BCUT2D eigenvalue weighted by Gasteiger charge is 2.14. The Morgan fingerprint density at radius 3 is 2.40 bits per heavy atom. The number of aryl methyl sites for hydroxylation is 1. The van der Waals surface area contributed by atoms with Crippen molar-refractivity contribution >= 4 is 24.8 Å². The zero-order chi connectivity index (χ0) is 9.10.